The van der Waals surface area contributed by atoms with Crippen LogP contribution in [0, 0.1) is 5.92 Å². The zero-order valence-electron chi connectivity index (χ0n) is 17.9. The smallest absolute Gasteiger partial charge is 0.410 e. The van der Waals surface area contributed by atoms with Crippen molar-refractivity contribution in [3.8, 4) is 0 Å². The summed E-state index contributed by atoms with van der Waals surface area (Å²) in [4.78, 5) is 27.0. The number of hydrogen-bond acceptors (Lipinski definition) is 5. The molecule has 1 aliphatic rings. The number of hydrogen-bond donors (Lipinski definition) is 0. The van der Waals surface area contributed by atoms with Crippen molar-refractivity contribution in [2.75, 3.05) is 13.2 Å². The van der Waals surface area contributed by atoms with E-state index < -0.39 is 29.3 Å². The molecule has 1 aromatic rings. The molecule has 6 nitrogen and oxygen atoms in total. The predicted molar refractivity (Wildman–Crippen MR) is 107 cm³/mol. The zero-order chi connectivity index (χ0) is 20.9. The minimum absolute atomic E-state index is 0.248. The number of likely N-dealkylation sites (tertiary alicyclic amines) is 1. The van der Waals surface area contributed by atoms with E-state index in [1.165, 1.54) is 0 Å². The van der Waals surface area contributed by atoms with Gasteiger partial charge >= 0.3 is 12.1 Å². The topological polar surface area (TPSA) is 65.1 Å². The molecule has 2 atom stereocenters. The van der Waals surface area contributed by atoms with Crippen LogP contribution in [0.5, 0.6) is 0 Å². The SMILES string of the molecule is CC(C)(C)OC(=O)[C@@H]1CCN(C(=O)OC(C)(C)C)[C@H]1COCc1ccccc1. The minimum atomic E-state index is -0.601. The monoisotopic (exact) mass is 391 g/mol. The summed E-state index contributed by atoms with van der Waals surface area (Å²) in [7, 11) is 0. The number of ether oxygens (including phenoxy) is 3. The fourth-order valence-corrected chi connectivity index (χ4v) is 3.13. The van der Waals surface area contributed by atoms with Crippen molar-refractivity contribution in [2.45, 2.75) is 71.8 Å². The van der Waals surface area contributed by atoms with Gasteiger partial charge in [-0.3, -0.25) is 4.79 Å². The van der Waals surface area contributed by atoms with E-state index in [2.05, 4.69) is 0 Å². The van der Waals surface area contributed by atoms with E-state index in [4.69, 9.17) is 14.2 Å². The highest BCUT2D eigenvalue weighted by Gasteiger charge is 2.44. The fourth-order valence-electron chi connectivity index (χ4n) is 3.13. The molecule has 6 heteroatoms. The van der Waals surface area contributed by atoms with Crippen molar-refractivity contribution in [3.05, 3.63) is 35.9 Å². The number of esters is 1. The molecule has 0 spiro atoms. The summed E-state index contributed by atoms with van der Waals surface area (Å²) in [5.41, 5.74) is -0.138. The van der Waals surface area contributed by atoms with Crippen LogP contribution in [0.1, 0.15) is 53.5 Å². The van der Waals surface area contributed by atoms with Gasteiger partial charge < -0.3 is 19.1 Å². The van der Waals surface area contributed by atoms with Gasteiger partial charge in [0.15, 0.2) is 0 Å². The molecule has 0 N–H and O–H groups in total. The van der Waals surface area contributed by atoms with Crippen LogP contribution < -0.4 is 0 Å². The molecule has 1 aromatic carbocycles. The Kier molecular flexibility index (Phi) is 7.10. The lowest BCUT2D eigenvalue weighted by Gasteiger charge is -2.31. The first kappa shape index (κ1) is 22.2. The molecule has 0 radical (unpaired) electrons. The number of nitrogens with zero attached hydrogens (tertiary/aromatic N) is 1. The largest absolute Gasteiger partial charge is 0.460 e. The van der Waals surface area contributed by atoms with E-state index in [0.29, 0.717) is 19.6 Å². The second-order valence-electron chi connectivity index (χ2n) is 9.17. The van der Waals surface area contributed by atoms with E-state index in [0.717, 1.165) is 5.56 Å². The maximum Gasteiger partial charge on any atom is 0.410 e. The zero-order valence-corrected chi connectivity index (χ0v) is 17.9. The average molecular weight is 392 g/mol. The molecule has 28 heavy (non-hydrogen) atoms. The van der Waals surface area contributed by atoms with Crippen molar-refractivity contribution in [3.63, 3.8) is 0 Å². The quantitative estimate of drug-likeness (QED) is 0.705. The van der Waals surface area contributed by atoms with E-state index in [1.54, 1.807) is 4.90 Å². The number of carbonyl (C=O) groups excluding carboxylic acids is 2. The van der Waals surface area contributed by atoms with Gasteiger partial charge in [0, 0.05) is 6.54 Å². The Bertz CT molecular complexity index is 624. The third kappa shape index (κ3) is 6.82. The normalized spacial score (nSPS) is 20.1. The fraction of sp³-hybridized carbons (Fsp3) is 0.636. The van der Waals surface area contributed by atoms with E-state index in [9.17, 15) is 9.59 Å². The Hall–Kier alpha value is -2.08. The summed E-state index contributed by atoms with van der Waals surface area (Å²) in [5.74, 6) is -0.727. The molecule has 1 fully saturated rings. The standard InChI is InChI=1S/C22H33NO5/c1-21(2,3)27-19(24)17-12-13-23(20(25)28-22(4,5)6)18(17)15-26-14-16-10-8-7-9-11-16/h7-11,17-18H,12-15H2,1-6H3/t17-,18+/m1/s1. The van der Waals surface area contributed by atoms with Gasteiger partial charge in [0.25, 0.3) is 0 Å². The Morgan fingerprint density at radius 2 is 1.61 bits per heavy atom. The van der Waals surface area contributed by atoms with Crippen LogP contribution in [0.25, 0.3) is 0 Å². The Labute approximate surface area is 168 Å². The third-order valence-corrected chi connectivity index (χ3v) is 4.28. The summed E-state index contributed by atoms with van der Waals surface area (Å²) in [6.45, 7) is 12.1. The van der Waals surface area contributed by atoms with Crippen LogP contribution in [0.15, 0.2) is 30.3 Å². The highest BCUT2D eigenvalue weighted by Crippen LogP contribution is 2.29. The van der Waals surface area contributed by atoms with Gasteiger partial charge in [0.05, 0.1) is 25.2 Å². The molecule has 1 amide bonds. The van der Waals surface area contributed by atoms with Crippen molar-refractivity contribution in [1.82, 2.24) is 4.90 Å². The first-order chi connectivity index (χ1) is 13.0. The second-order valence-corrected chi connectivity index (χ2v) is 9.17. The van der Waals surface area contributed by atoms with Gasteiger partial charge in [0.2, 0.25) is 0 Å². The number of benzene rings is 1. The maximum atomic E-state index is 12.7. The Balaban J connectivity index is 2.08. The molecule has 0 saturated carbocycles. The van der Waals surface area contributed by atoms with Crippen molar-refractivity contribution >= 4 is 12.1 Å². The van der Waals surface area contributed by atoms with Crippen LogP contribution in [0.4, 0.5) is 4.79 Å². The van der Waals surface area contributed by atoms with Gasteiger partial charge in [-0.15, -0.1) is 0 Å². The summed E-state index contributed by atoms with van der Waals surface area (Å²) < 4.78 is 17.0. The third-order valence-electron chi connectivity index (χ3n) is 4.28. The highest BCUT2D eigenvalue weighted by molar-refractivity contribution is 5.77. The molecule has 1 heterocycles. The van der Waals surface area contributed by atoms with E-state index in [-0.39, 0.29) is 12.6 Å². The predicted octanol–water partition coefficient (Wildman–Crippen LogP) is 4.17. The molecule has 156 valence electrons. The molecule has 2 rings (SSSR count). The van der Waals surface area contributed by atoms with E-state index >= 15 is 0 Å². The summed E-state index contributed by atoms with van der Waals surface area (Å²) in [6, 6.07) is 9.39. The molecular weight excluding hydrogens is 358 g/mol. The second kappa shape index (κ2) is 8.95. The van der Waals surface area contributed by atoms with Gasteiger partial charge in [-0.25, -0.2) is 4.79 Å². The Morgan fingerprint density at radius 1 is 1.00 bits per heavy atom. The lowest BCUT2D eigenvalue weighted by molar-refractivity contribution is -0.161. The van der Waals surface area contributed by atoms with Crippen molar-refractivity contribution in [1.29, 1.82) is 0 Å². The molecule has 0 unspecified atom stereocenters. The highest BCUT2D eigenvalue weighted by atomic mass is 16.6. The molecular formula is C22H33NO5. The van der Waals surface area contributed by atoms with Crippen molar-refractivity contribution in [2.24, 2.45) is 5.92 Å². The minimum Gasteiger partial charge on any atom is -0.460 e. The number of amides is 1. The molecule has 1 saturated heterocycles. The first-order valence-corrected chi connectivity index (χ1v) is 9.80. The van der Waals surface area contributed by atoms with Crippen LogP contribution in [-0.4, -0.2) is 47.4 Å². The number of rotatable bonds is 5. The summed E-state index contributed by atoms with van der Waals surface area (Å²) >= 11 is 0. The summed E-state index contributed by atoms with van der Waals surface area (Å²) in [6.07, 6.45) is 0.111. The molecule has 0 aromatic heterocycles. The lowest BCUT2D eigenvalue weighted by atomic mass is 10.0. The average Bonchev–Trinajstić information content (AvgIpc) is 2.97. The molecule has 0 bridgehead atoms. The lowest BCUT2D eigenvalue weighted by Crippen LogP contribution is -2.46. The van der Waals surface area contributed by atoms with Gasteiger partial charge in [-0.2, -0.15) is 0 Å². The first-order valence-electron chi connectivity index (χ1n) is 9.80. The van der Waals surface area contributed by atoms with Crippen LogP contribution in [0.3, 0.4) is 0 Å². The van der Waals surface area contributed by atoms with Crippen LogP contribution in [0.2, 0.25) is 0 Å². The molecule has 0 aliphatic carbocycles. The summed E-state index contributed by atoms with van der Waals surface area (Å²) in [5, 5.41) is 0. The Morgan fingerprint density at radius 3 is 2.18 bits per heavy atom. The van der Waals surface area contributed by atoms with Gasteiger partial charge in [0.1, 0.15) is 11.2 Å². The van der Waals surface area contributed by atoms with E-state index in [1.807, 2.05) is 71.9 Å². The maximum absolute atomic E-state index is 12.7. The van der Waals surface area contributed by atoms with Crippen LogP contribution >= 0.6 is 0 Å². The van der Waals surface area contributed by atoms with Crippen molar-refractivity contribution < 1.29 is 23.8 Å². The molecule has 1 aliphatic heterocycles. The van der Waals surface area contributed by atoms with Gasteiger partial charge in [-0.05, 0) is 53.5 Å². The number of carbonyl (C=O) groups is 2. The van der Waals surface area contributed by atoms with Crippen LogP contribution in [-0.2, 0) is 25.6 Å². The van der Waals surface area contributed by atoms with Gasteiger partial charge in [-0.1, -0.05) is 30.3 Å².